The van der Waals surface area contributed by atoms with Crippen LogP contribution in [0.2, 0.25) is 0 Å². The summed E-state index contributed by atoms with van der Waals surface area (Å²) in [6.45, 7) is -0.473. The molecule has 0 aliphatic carbocycles. The fraction of sp³-hybridized carbons (Fsp3) is 0.300. The molecular formula is C10H10O5S. The van der Waals surface area contributed by atoms with E-state index in [2.05, 4.69) is 0 Å². The first-order valence-electron chi connectivity index (χ1n) is 4.69. The lowest BCUT2D eigenvalue weighted by molar-refractivity contribution is -0.139. The molecule has 0 radical (unpaired) electrons. The van der Waals surface area contributed by atoms with E-state index in [1.54, 1.807) is 12.1 Å². The van der Waals surface area contributed by atoms with Crippen LogP contribution in [0.15, 0.2) is 23.1 Å². The molecule has 16 heavy (non-hydrogen) atoms. The minimum atomic E-state index is -3.19. The monoisotopic (exact) mass is 242 g/mol. The average Bonchev–Trinajstić information content (AvgIpc) is 2.52. The molecule has 0 saturated heterocycles. The molecule has 0 atom stereocenters. The Morgan fingerprint density at radius 3 is 2.88 bits per heavy atom. The van der Waals surface area contributed by atoms with Crippen LogP contribution in [0, 0.1) is 0 Å². The van der Waals surface area contributed by atoms with E-state index in [0.717, 1.165) is 5.56 Å². The number of carboxylic acids is 1. The number of carboxylic acid groups (broad SMARTS) is 1. The molecule has 1 aromatic rings. The molecule has 0 fully saturated rings. The third kappa shape index (κ3) is 2.01. The van der Waals surface area contributed by atoms with Crippen LogP contribution in [0.5, 0.6) is 5.75 Å². The van der Waals surface area contributed by atoms with Gasteiger partial charge >= 0.3 is 5.97 Å². The standard InChI is InChI=1S/C10H10O5S/c11-10(12)6-15-8-2-1-7-3-4-16(13,14)9(7)5-8/h1-2,5H,3-4,6H2,(H,11,12). The molecule has 0 spiro atoms. The highest BCUT2D eigenvalue weighted by molar-refractivity contribution is 7.91. The van der Waals surface area contributed by atoms with Crippen LogP contribution in [-0.2, 0) is 21.1 Å². The zero-order chi connectivity index (χ0) is 11.8. The number of fused-ring (bicyclic) bond motifs is 1. The topological polar surface area (TPSA) is 80.7 Å². The fourth-order valence-electron chi connectivity index (χ4n) is 1.62. The third-order valence-corrected chi connectivity index (χ3v) is 4.17. The van der Waals surface area contributed by atoms with E-state index in [1.807, 2.05) is 0 Å². The minimum Gasteiger partial charge on any atom is -0.482 e. The highest BCUT2D eigenvalue weighted by atomic mass is 32.2. The second-order valence-electron chi connectivity index (χ2n) is 3.52. The average molecular weight is 242 g/mol. The number of hydrogen-bond acceptors (Lipinski definition) is 4. The zero-order valence-electron chi connectivity index (χ0n) is 8.34. The van der Waals surface area contributed by atoms with E-state index < -0.39 is 22.4 Å². The molecule has 1 N–H and O–H groups in total. The number of aryl methyl sites for hydroxylation is 1. The molecule has 1 aliphatic heterocycles. The molecule has 0 amide bonds. The summed E-state index contributed by atoms with van der Waals surface area (Å²) in [5, 5.41) is 8.43. The van der Waals surface area contributed by atoms with E-state index >= 15 is 0 Å². The predicted octanol–water partition coefficient (Wildman–Crippen LogP) is 0.480. The van der Waals surface area contributed by atoms with Gasteiger partial charge in [0.25, 0.3) is 0 Å². The van der Waals surface area contributed by atoms with Crippen molar-refractivity contribution in [3.8, 4) is 5.75 Å². The van der Waals surface area contributed by atoms with Gasteiger partial charge in [0.1, 0.15) is 5.75 Å². The molecule has 1 aromatic carbocycles. The molecule has 1 heterocycles. The normalized spacial score (nSPS) is 16.8. The molecule has 0 saturated carbocycles. The summed E-state index contributed by atoms with van der Waals surface area (Å²) in [6, 6.07) is 4.64. The molecule has 1 aliphatic rings. The Morgan fingerprint density at radius 1 is 1.44 bits per heavy atom. The van der Waals surface area contributed by atoms with Crippen LogP contribution in [0.3, 0.4) is 0 Å². The molecule has 0 unspecified atom stereocenters. The van der Waals surface area contributed by atoms with Crippen molar-refractivity contribution in [3.63, 3.8) is 0 Å². The summed E-state index contributed by atoms with van der Waals surface area (Å²) in [6.07, 6.45) is 0.511. The summed E-state index contributed by atoms with van der Waals surface area (Å²) in [4.78, 5) is 10.6. The number of sulfone groups is 1. The van der Waals surface area contributed by atoms with Crippen LogP contribution in [-0.4, -0.2) is 31.9 Å². The number of aliphatic carboxylic acids is 1. The van der Waals surface area contributed by atoms with Crippen LogP contribution < -0.4 is 4.74 Å². The van der Waals surface area contributed by atoms with E-state index in [9.17, 15) is 13.2 Å². The first kappa shape index (κ1) is 10.9. The SMILES string of the molecule is O=C(O)COc1ccc2c(c1)S(=O)(=O)CC2. The lowest BCUT2D eigenvalue weighted by Gasteiger charge is -2.05. The van der Waals surface area contributed by atoms with Gasteiger partial charge in [-0.15, -0.1) is 0 Å². The van der Waals surface area contributed by atoms with E-state index in [4.69, 9.17) is 9.84 Å². The summed E-state index contributed by atoms with van der Waals surface area (Å²) >= 11 is 0. The Labute approximate surface area is 92.6 Å². The maximum atomic E-state index is 11.6. The third-order valence-electron chi connectivity index (χ3n) is 2.38. The summed E-state index contributed by atoms with van der Waals surface area (Å²) in [7, 11) is -3.19. The number of rotatable bonds is 3. The maximum Gasteiger partial charge on any atom is 0.341 e. The van der Waals surface area contributed by atoms with Crippen molar-refractivity contribution in [2.45, 2.75) is 11.3 Å². The first-order valence-corrected chi connectivity index (χ1v) is 6.34. The van der Waals surface area contributed by atoms with Gasteiger partial charge in [0.2, 0.25) is 0 Å². The minimum absolute atomic E-state index is 0.116. The van der Waals surface area contributed by atoms with E-state index in [-0.39, 0.29) is 16.4 Å². The smallest absolute Gasteiger partial charge is 0.341 e. The maximum absolute atomic E-state index is 11.6. The highest BCUT2D eigenvalue weighted by Gasteiger charge is 2.26. The van der Waals surface area contributed by atoms with Gasteiger partial charge in [0.15, 0.2) is 16.4 Å². The van der Waals surface area contributed by atoms with Crippen molar-refractivity contribution in [3.05, 3.63) is 23.8 Å². The quantitative estimate of drug-likeness (QED) is 0.833. The lowest BCUT2D eigenvalue weighted by atomic mass is 10.2. The Kier molecular flexibility index (Phi) is 2.59. The summed E-state index contributed by atoms with van der Waals surface area (Å²) in [5.41, 5.74) is 0.766. The second kappa shape index (κ2) is 3.79. The van der Waals surface area contributed by atoms with Crippen LogP contribution in [0.4, 0.5) is 0 Å². The van der Waals surface area contributed by atoms with E-state index in [1.165, 1.54) is 6.07 Å². The zero-order valence-corrected chi connectivity index (χ0v) is 9.16. The number of carbonyl (C=O) groups is 1. The largest absolute Gasteiger partial charge is 0.482 e. The fourth-order valence-corrected chi connectivity index (χ4v) is 3.19. The van der Waals surface area contributed by atoms with Gasteiger partial charge in [0, 0.05) is 0 Å². The van der Waals surface area contributed by atoms with E-state index in [0.29, 0.717) is 6.42 Å². The second-order valence-corrected chi connectivity index (χ2v) is 5.60. The van der Waals surface area contributed by atoms with Crippen LogP contribution in [0.25, 0.3) is 0 Å². The Morgan fingerprint density at radius 2 is 2.19 bits per heavy atom. The van der Waals surface area contributed by atoms with Crippen molar-refractivity contribution >= 4 is 15.8 Å². The molecular weight excluding hydrogens is 232 g/mol. The van der Waals surface area contributed by atoms with Gasteiger partial charge in [-0.3, -0.25) is 0 Å². The molecule has 2 rings (SSSR count). The van der Waals surface area contributed by atoms with Crippen molar-refractivity contribution in [1.82, 2.24) is 0 Å². The molecule has 0 bridgehead atoms. The summed E-state index contributed by atoms with van der Waals surface area (Å²) < 4.78 is 28.1. The molecule has 6 heteroatoms. The lowest BCUT2D eigenvalue weighted by Crippen LogP contribution is -2.09. The van der Waals surface area contributed by atoms with Gasteiger partial charge < -0.3 is 9.84 Å². The number of benzene rings is 1. The van der Waals surface area contributed by atoms with Crippen LogP contribution in [0.1, 0.15) is 5.56 Å². The van der Waals surface area contributed by atoms with Gasteiger partial charge in [-0.2, -0.15) is 0 Å². The summed E-state index contributed by atoms with van der Waals surface area (Å²) in [5.74, 6) is -0.708. The Balaban J connectivity index is 2.29. The predicted molar refractivity (Wildman–Crippen MR) is 55.3 cm³/mol. The van der Waals surface area contributed by atoms with Gasteiger partial charge in [-0.25, -0.2) is 13.2 Å². The van der Waals surface area contributed by atoms with Crippen LogP contribution >= 0.6 is 0 Å². The Bertz CT molecular complexity index is 532. The van der Waals surface area contributed by atoms with Crippen molar-refractivity contribution < 1.29 is 23.1 Å². The Hall–Kier alpha value is -1.56. The van der Waals surface area contributed by atoms with Crippen molar-refractivity contribution in [2.75, 3.05) is 12.4 Å². The first-order chi connectivity index (χ1) is 7.49. The highest BCUT2D eigenvalue weighted by Crippen LogP contribution is 2.29. The molecule has 0 aromatic heterocycles. The number of ether oxygens (including phenoxy) is 1. The number of hydrogen-bond donors (Lipinski definition) is 1. The van der Waals surface area contributed by atoms with Crippen molar-refractivity contribution in [1.29, 1.82) is 0 Å². The molecule has 5 nitrogen and oxygen atoms in total. The van der Waals surface area contributed by atoms with Gasteiger partial charge in [0.05, 0.1) is 10.6 Å². The van der Waals surface area contributed by atoms with Gasteiger partial charge in [-0.05, 0) is 24.1 Å². The van der Waals surface area contributed by atoms with Crippen molar-refractivity contribution in [2.24, 2.45) is 0 Å². The molecule has 86 valence electrons. The van der Waals surface area contributed by atoms with Gasteiger partial charge in [-0.1, -0.05) is 6.07 Å².